The van der Waals surface area contributed by atoms with Gasteiger partial charge in [0, 0.05) is 5.69 Å². The van der Waals surface area contributed by atoms with Crippen LogP contribution in [0.3, 0.4) is 0 Å². The number of carbonyl (C=O) groups is 1. The average molecular weight is 364 g/mol. The van der Waals surface area contributed by atoms with Crippen LogP contribution < -0.4 is 15.7 Å². The Balaban J connectivity index is 1.62. The highest BCUT2D eigenvalue weighted by atomic mass is 16.5. The van der Waals surface area contributed by atoms with E-state index in [4.69, 9.17) is 4.74 Å². The first-order chi connectivity index (χ1) is 13.0. The molecule has 1 aromatic heterocycles. The summed E-state index contributed by atoms with van der Waals surface area (Å²) < 4.78 is 6.83. The molecule has 1 amide bonds. The Morgan fingerprint density at radius 1 is 1.19 bits per heavy atom. The zero-order valence-electron chi connectivity index (χ0n) is 15.1. The van der Waals surface area contributed by atoms with Crippen LogP contribution in [0.5, 0.6) is 5.75 Å². The molecule has 0 atom stereocenters. The summed E-state index contributed by atoms with van der Waals surface area (Å²) in [7, 11) is 0. The van der Waals surface area contributed by atoms with Crippen molar-refractivity contribution in [2.24, 2.45) is 5.10 Å². The van der Waals surface area contributed by atoms with Gasteiger partial charge in [0.15, 0.2) is 6.61 Å². The van der Waals surface area contributed by atoms with Crippen LogP contribution in [0.15, 0.2) is 64.5 Å². The number of hydrogen-bond donors (Lipinski definition) is 2. The van der Waals surface area contributed by atoms with E-state index in [9.17, 15) is 9.59 Å². The second kappa shape index (κ2) is 8.18. The number of H-pyrrole nitrogens is 1. The number of benzene rings is 2. The fraction of sp³-hybridized carbons (Fsp3) is 0.150. The number of carbonyl (C=O) groups excluding carboxylic acids is 1. The van der Waals surface area contributed by atoms with Gasteiger partial charge in [0.1, 0.15) is 5.75 Å². The van der Waals surface area contributed by atoms with E-state index in [2.05, 4.69) is 15.6 Å². The van der Waals surface area contributed by atoms with Gasteiger partial charge in [-0.05, 0) is 43.7 Å². The Morgan fingerprint density at radius 3 is 2.70 bits per heavy atom. The van der Waals surface area contributed by atoms with Crippen molar-refractivity contribution in [1.29, 1.82) is 0 Å². The first-order valence-corrected chi connectivity index (χ1v) is 8.43. The molecular weight excluding hydrogens is 344 g/mol. The molecule has 0 spiro atoms. The lowest BCUT2D eigenvalue weighted by Crippen LogP contribution is -2.25. The fourth-order valence-corrected chi connectivity index (χ4v) is 2.53. The Bertz CT molecular complexity index is 1020. The zero-order valence-corrected chi connectivity index (χ0v) is 15.1. The van der Waals surface area contributed by atoms with Crippen LogP contribution in [0.2, 0.25) is 0 Å². The van der Waals surface area contributed by atoms with E-state index in [1.165, 1.54) is 10.9 Å². The maximum Gasteiger partial charge on any atom is 0.280 e. The van der Waals surface area contributed by atoms with E-state index in [1.54, 1.807) is 13.0 Å². The van der Waals surface area contributed by atoms with Crippen molar-refractivity contribution in [3.63, 3.8) is 0 Å². The maximum absolute atomic E-state index is 12.5. The van der Waals surface area contributed by atoms with E-state index in [0.717, 1.165) is 11.3 Å². The molecule has 27 heavy (non-hydrogen) atoms. The monoisotopic (exact) mass is 364 g/mol. The highest BCUT2D eigenvalue weighted by molar-refractivity contribution is 5.83. The first-order valence-electron chi connectivity index (χ1n) is 8.43. The third-order valence-electron chi connectivity index (χ3n) is 3.87. The molecule has 3 rings (SSSR count). The topological polar surface area (TPSA) is 88.5 Å². The number of hydrogen-bond acceptors (Lipinski definition) is 4. The lowest BCUT2D eigenvalue weighted by Gasteiger charge is -2.05. The quantitative estimate of drug-likeness (QED) is 0.520. The number of rotatable bonds is 6. The minimum absolute atomic E-state index is 0.166. The third-order valence-corrected chi connectivity index (χ3v) is 3.87. The van der Waals surface area contributed by atoms with Crippen LogP contribution in [-0.4, -0.2) is 28.5 Å². The molecule has 0 aliphatic carbocycles. The van der Waals surface area contributed by atoms with Crippen molar-refractivity contribution in [2.45, 2.75) is 13.8 Å². The molecule has 0 saturated carbocycles. The number of nitrogens with zero attached hydrogens (tertiary/aromatic N) is 2. The first kappa shape index (κ1) is 18.2. The molecule has 0 aliphatic heterocycles. The van der Waals surface area contributed by atoms with E-state index >= 15 is 0 Å². The van der Waals surface area contributed by atoms with Gasteiger partial charge in [-0.2, -0.15) is 5.10 Å². The van der Waals surface area contributed by atoms with Crippen LogP contribution in [0.4, 0.5) is 0 Å². The van der Waals surface area contributed by atoms with Gasteiger partial charge in [-0.1, -0.05) is 30.3 Å². The lowest BCUT2D eigenvalue weighted by molar-refractivity contribution is -0.123. The number of aromatic amines is 1. The number of ether oxygens (including phenoxy) is 1. The molecule has 3 aromatic rings. The normalized spacial score (nSPS) is 10.9. The second-order valence-electron chi connectivity index (χ2n) is 6.02. The van der Waals surface area contributed by atoms with Gasteiger partial charge >= 0.3 is 0 Å². The SMILES string of the molecule is Cc1cccc(OCC(=O)N/N=C/c2c(C)[nH]n(-c3ccccc3)c2=O)c1. The van der Waals surface area contributed by atoms with Crippen molar-refractivity contribution in [3.05, 3.63) is 81.8 Å². The lowest BCUT2D eigenvalue weighted by atomic mass is 10.2. The van der Waals surface area contributed by atoms with Crippen molar-refractivity contribution in [2.75, 3.05) is 6.61 Å². The standard InChI is InChI=1S/C20H20N4O3/c1-14-7-6-10-17(11-14)27-13-19(25)22-21-12-18-15(2)23-24(20(18)26)16-8-4-3-5-9-16/h3-12,23H,13H2,1-2H3,(H,22,25)/b21-12+. The van der Waals surface area contributed by atoms with E-state index in [1.807, 2.05) is 55.5 Å². The van der Waals surface area contributed by atoms with Gasteiger partial charge in [-0.15, -0.1) is 0 Å². The smallest absolute Gasteiger partial charge is 0.280 e. The molecule has 0 fully saturated rings. The van der Waals surface area contributed by atoms with Crippen LogP contribution in [0, 0.1) is 13.8 Å². The third kappa shape index (κ3) is 4.52. The summed E-state index contributed by atoms with van der Waals surface area (Å²) in [6, 6.07) is 16.6. The van der Waals surface area contributed by atoms with Gasteiger partial charge in [0.2, 0.25) is 0 Å². The minimum Gasteiger partial charge on any atom is -0.484 e. The van der Waals surface area contributed by atoms with Gasteiger partial charge in [-0.3, -0.25) is 14.7 Å². The molecule has 0 bridgehead atoms. The Kier molecular flexibility index (Phi) is 5.51. The summed E-state index contributed by atoms with van der Waals surface area (Å²) in [5, 5.41) is 6.86. The summed E-state index contributed by atoms with van der Waals surface area (Å²) in [5.74, 6) is 0.200. The van der Waals surface area contributed by atoms with Crippen molar-refractivity contribution < 1.29 is 9.53 Å². The summed E-state index contributed by atoms with van der Waals surface area (Å²) in [6.45, 7) is 3.55. The van der Waals surface area contributed by atoms with Crippen LogP contribution in [0.1, 0.15) is 16.8 Å². The molecule has 2 N–H and O–H groups in total. The van der Waals surface area contributed by atoms with Crippen molar-refractivity contribution in [3.8, 4) is 11.4 Å². The number of amides is 1. The molecular formula is C20H20N4O3. The van der Waals surface area contributed by atoms with Crippen LogP contribution in [0.25, 0.3) is 5.69 Å². The molecule has 0 saturated heterocycles. The summed E-state index contributed by atoms with van der Waals surface area (Å²) >= 11 is 0. The largest absolute Gasteiger partial charge is 0.484 e. The van der Waals surface area contributed by atoms with Gasteiger partial charge in [0.25, 0.3) is 11.5 Å². The highest BCUT2D eigenvalue weighted by Crippen LogP contribution is 2.11. The maximum atomic E-state index is 12.5. The van der Waals surface area contributed by atoms with Gasteiger partial charge in [-0.25, -0.2) is 10.1 Å². The zero-order chi connectivity index (χ0) is 19.2. The van der Waals surface area contributed by atoms with E-state index in [-0.39, 0.29) is 12.2 Å². The number of hydrazone groups is 1. The number of nitrogens with one attached hydrogen (secondary N) is 2. The molecule has 0 radical (unpaired) electrons. The molecule has 7 heteroatoms. The second-order valence-corrected chi connectivity index (χ2v) is 6.02. The minimum atomic E-state index is -0.413. The molecule has 0 aliphatic rings. The van der Waals surface area contributed by atoms with Crippen LogP contribution >= 0.6 is 0 Å². The predicted octanol–water partition coefficient (Wildman–Crippen LogP) is 2.31. The van der Waals surface area contributed by atoms with E-state index in [0.29, 0.717) is 17.0 Å². The summed E-state index contributed by atoms with van der Waals surface area (Å²) in [6.07, 6.45) is 1.33. The number of aryl methyl sites for hydroxylation is 2. The molecule has 1 heterocycles. The summed E-state index contributed by atoms with van der Waals surface area (Å²) in [4.78, 5) is 24.4. The molecule has 138 valence electrons. The highest BCUT2D eigenvalue weighted by Gasteiger charge is 2.10. The molecule has 0 unspecified atom stereocenters. The Labute approximate surface area is 156 Å². The summed E-state index contributed by atoms with van der Waals surface area (Å²) in [5.41, 5.74) is 4.91. The number of aromatic nitrogens is 2. The van der Waals surface area contributed by atoms with E-state index < -0.39 is 5.91 Å². The Morgan fingerprint density at radius 2 is 1.96 bits per heavy atom. The molecule has 2 aromatic carbocycles. The average Bonchev–Trinajstić information content (AvgIpc) is 2.95. The fourth-order valence-electron chi connectivity index (χ4n) is 2.53. The van der Waals surface area contributed by atoms with Crippen LogP contribution in [-0.2, 0) is 4.79 Å². The predicted molar refractivity (Wildman–Crippen MR) is 104 cm³/mol. The number of para-hydroxylation sites is 1. The van der Waals surface area contributed by atoms with Crippen molar-refractivity contribution in [1.82, 2.24) is 15.2 Å². The molecule has 7 nitrogen and oxygen atoms in total. The van der Waals surface area contributed by atoms with Crippen molar-refractivity contribution >= 4 is 12.1 Å². The Hall–Kier alpha value is -3.61. The van der Waals surface area contributed by atoms with Gasteiger partial charge < -0.3 is 4.74 Å². The van der Waals surface area contributed by atoms with Gasteiger partial charge in [0.05, 0.1) is 17.5 Å².